The molecule has 4 aliphatic rings. The van der Waals surface area contributed by atoms with E-state index in [1.807, 2.05) is 31.2 Å². The summed E-state index contributed by atoms with van der Waals surface area (Å²) in [7, 11) is 0. The van der Waals surface area contributed by atoms with E-state index in [9.17, 15) is 19.5 Å². The Balaban J connectivity index is 1.47. The van der Waals surface area contributed by atoms with Crippen molar-refractivity contribution in [2.45, 2.75) is 19.4 Å². The Morgan fingerprint density at radius 2 is 1.81 bits per heavy atom. The average molecular weight is 353 g/mol. The van der Waals surface area contributed by atoms with Gasteiger partial charge in [0.25, 0.3) is 0 Å². The maximum atomic E-state index is 12.7. The van der Waals surface area contributed by atoms with Gasteiger partial charge in [-0.1, -0.05) is 35.0 Å². The maximum absolute atomic E-state index is 12.7. The number of nitrogens with zero attached hydrogens (tertiary/aromatic N) is 2. The molecule has 2 heterocycles. The summed E-state index contributed by atoms with van der Waals surface area (Å²) in [5, 5.41) is 15.2. The summed E-state index contributed by atoms with van der Waals surface area (Å²) in [5.74, 6) is -3.31. The molecule has 1 aromatic carbocycles. The zero-order chi connectivity index (χ0) is 18.2. The molecule has 0 spiro atoms. The number of rotatable bonds is 3. The number of carbonyl (C=O) groups excluding carboxylic acids is 3. The number of hydrogen-bond acceptors (Lipinski definition) is 6. The van der Waals surface area contributed by atoms with Gasteiger partial charge >= 0.3 is 0 Å². The molecule has 0 N–H and O–H groups in total. The Morgan fingerprint density at radius 3 is 2.46 bits per heavy atom. The minimum Gasteiger partial charge on any atom is -0.548 e. The highest BCUT2D eigenvalue weighted by atomic mass is 16.6. The molecular formula is C19H17N2O5-. The first-order valence-corrected chi connectivity index (χ1v) is 8.83. The van der Waals surface area contributed by atoms with Crippen LogP contribution in [-0.2, 0) is 19.2 Å². The Morgan fingerprint density at radius 1 is 1.15 bits per heavy atom. The second-order valence-corrected chi connectivity index (χ2v) is 7.69. The highest BCUT2D eigenvalue weighted by molar-refractivity contribution is 6.09. The first kappa shape index (κ1) is 15.5. The van der Waals surface area contributed by atoms with Crippen molar-refractivity contribution >= 4 is 23.5 Å². The van der Waals surface area contributed by atoms with E-state index in [2.05, 4.69) is 5.16 Å². The summed E-state index contributed by atoms with van der Waals surface area (Å²) in [6, 6.07) is 8.00. The van der Waals surface area contributed by atoms with Gasteiger partial charge < -0.3 is 14.7 Å². The number of amides is 2. The zero-order valence-electron chi connectivity index (χ0n) is 14.1. The van der Waals surface area contributed by atoms with Crippen LogP contribution in [-0.4, -0.2) is 41.0 Å². The van der Waals surface area contributed by atoms with E-state index in [0.717, 1.165) is 28.2 Å². The Hall–Kier alpha value is -2.70. The Bertz CT molecular complexity index is 861. The van der Waals surface area contributed by atoms with Gasteiger partial charge in [-0.15, -0.1) is 0 Å². The van der Waals surface area contributed by atoms with Crippen LogP contribution in [0, 0.1) is 36.5 Å². The van der Waals surface area contributed by atoms with E-state index in [1.165, 1.54) is 0 Å². The average Bonchev–Trinajstić information content (AvgIpc) is 3.32. The molecule has 0 unspecified atom stereocenters. The summed E-state index contributed by atoms with van der Waals surface area (Å²) in [5.41, 5.74) is 2.95. The topological polar surface area (TPSA) is 99.1 Å². The largest absolute Gasteiger partial charge is 0.548 e. The van der Waals surface area contributed by atoms with Crippen LogP contribution in [0.4, 0.5) is 0 Å². The van der Waals surface area contributed by atoms with Gasteiger partial charge in [0.2, 0.25) is 11.8 Å². The fourth-order valence-corrected chi connectivity index (χ4v) is 5.44. The first-order chi connectivity index (χ1) is 12.5. The van der Waals surface area contributed by atoms with Crippen LogP contribution in [0.2, 0.25) is 0 Å². The first-order valence-electron chi connectivity index (χ1n) is 8.83. The summed E-state index contributed by atoms with van der Waals surface area (Å²) >= 11 is 0. The van der Waals surface area contributed by atoms with Crippen LogP contribution >= 0.6 is 0 Å². The zero-order valence-corrected chi connectivity index (χ0v) is 14.1. The van der Waals surface area contributed by atoms with Crippen LogP contribution in [0.15, 0.2) is 29.4 Å². The van der Waals surface area contributed by atoms with Gasteiger partial charge in [-0.3, -0.25) is 14.5 Å². The summed E-state index contributed by atoms with van der Waals surface area (Å²) in [6.07, 6.45) is 0.531. The normalized spacial score (nSPS) is 36.8. The minimum absolute atomic E-state index is 0.0244. The number of carbonyl (C=O) groups is 3. The summed E-state index contributed by atoms with van der Waals surface area (Å²) < 4.78 is 0. The predicted molar refractivity (Wildman–Crippen MR) is 86.4 cm³/mol. The van der Waals surface area contributed by atoms with Gasteiger partial charge in [-0.2, -0.15) is 0 Å². The van der Waals surface area contributed by atoms with Crippen molar-refractivity contribution in [2.75, 3.05) is 6.54 Å². The van der Waals surface area contributed by atoms with Gasteiger partial charge in [-0.05, 0) is 24.8 Å². The number of likely N-dealkylation sites (tertiary alicyclic amines) is 1. The van der Waals surface area contributed by atoms with Crippen molar-refractivity contribution in [2.24, 2.45) is 34.7 Å². The van der Waals surface area contributed by atoms with Crippen molar-refractivity contribution in [1.82, 2.24) is 4.90 Å². The third kappa shape index (κ3) is 1.88. The number of carboxylic acid groups (broad SMARTS) is 1. The molecule has 2 amide bonds. The number of imide groups is 1. The molecule has 0 aromatic heterocycles. The highest BCUT2D eigenvalue weighted by Gasteiger charge is 2.70. The highest BCUT2D eigenvalue weighted by Crippen LogP contribution is 2.61. The van der Waals surface area contributed by atoms with E-state index in [1.54, 1.807) is 0 Å². The third-order valence-electron chi connectivity index (χ3n) is 6.42. The monoisotopic (exact) mass is 353 g/mol. The molecule has 134 valence electrons. The van der Waals surface area contributed by atoms with E-state index in [-0.39, 0.29) is 29.8 Å². The molecule has 2 aliphatic heterocycles. The van der Waals surface area contributed by atoms with E-state index < -0.39 is 30.3 Å². The van der Waals surface area contributed by atoms with Crippen LogP contribution in [0.3, 0.4) is 0 Å². The fourth-order valence-electron chi connectivity index (χ4n) is 5.44. The lowest BCUT2D eigenvalue weighted by molar-refractivity contribution is -0.305. The van der Waals surface area contributed by atoms with Crippen molar-refractivity contribution < 1.29 is 24.3 Å². The molecule has 6 atom stereocenters. The lowest BCUT2D eigenvalue weighted by Gasteiger charge is -2.29. The number of oxime groups is 1. The van der Waals surface area contributed by atoms with Crippen molar-refractivity contribution in [3.63, 3.8) is 0 Å². The SMILES string of the molecule is Cc1ccc(C2=NO[C@@H]3[C@H]4C[C@H]([C@H]5C(=O)N(CC(=O)[O-])C(=O)[C@@H]45)[C@H]23)cc1. The van der Waals surface area contributed by atoms with Crippen molar-refractivity contribution in [1.29, 1.82) is 0 Å². The van der Waals surface area contributed by atoms with Crippen molar-refractivity contribution in [3.05, 3.63) is 35.4 Å². The second-order valence-electron chi connectivity index (χ2n) is 7.69. The molecule has 0 radical (unpaired) electrons. The van der Waals surface area contributed by atoms with Crippen LogP contribution in [0.1, 0.15) is 17.5 Å². The van der Waals surface area contributed by atoms with Gasteiger partial charge in [0.1, 0.15) is 6.10 Å². The number of carboxylic acids is 1. The fraction of sp³-hybridized carbons (Fsp3) is 0.474. The summed E-state index contributed by atoms with van der Waals surface area (Å²) in [4.78, 5) is 42.8. The quantitative estimate of drug-likeness (QED) is 0.696. The number of hydrogen-bond donors (Lipinski definition) is 0. The Labute approximate surface area is 149 Å². The molecule has 5 rings (SSSR count). The molecule has 1 aromatic rings. The van der Waals surface area contributed by atoms with Gasteiger partial charge in [0, 0.05) is 11.8 Å². The van der Waals surface area contributed by atoms with Crippen LogP contribution in [0.5, 0.6) is 0 Å². The van der Waals surface area contributed by atoms with Crippen molar-refractivity contribution in [3.8, 4) is 0 Å². The number of aryl methyl sites for hydroxylation is 1. The molecule has 2 bridgehead atoms. The molecule has 7 nitrogen and oxygen atoms in total. The van der Waals surface area contributed by atoms with E-state index in [0.29, 0.717) is 0 Å². The maximum Gasteiger partial charge on any atom is 0.233 e. The molecule has 26 heavy (non-hydrogen) atoms. The minimum atomic E-state index is -1.42. The number of benzene rings is 1. The van der Waals surface area contributed by atoms with Gasteiger partial charge in [0.05, 0.1) is 30.1 Å². The predicted octanol–water partition coefficient (Wildman–Crippen LogP) is -0.285. The standard InChI is InChI=1S/C19H18N2O5/c1-8-2-4-9(5-3-8)16-15-10-6-11(17(15)26-20-16)14-13(10)18(24)21(19(14)25)7-12(22)23/h2-5,10-11,13-15,17H,6-7H2,1H3,(H,22,23)/p-1/t10-,11+,13-,14+,15-,17-/m1/s1. The Kier molecular flexibility index (Phi) is 3.08. The second kappa shape index (κ2) is 5.16. The smallest absolute Gasteiger partial charge is 0.233 e. The molecule has 3 fully saturated rings. The molecular weight excluding hydrogens is 336 g/mol. The van der Waals surface area contributed by atoms with E-state index >= 15 is 0 Å². The molecule has 2 aliphatic carbocycles. The van der Waals surface area contributed by atoms with Gasteiger partial charge in [-0.25, -0.2) is 0 Å². The van der Waals surface area contributed by atoms with E-state index in [4.69, 9.17) is 4.84 Å². The lowest BCUT2D eigenvalue weighted by atomic mass is 9.71. The molecule has 1 saturated heterocycles. The van der Waals surface area contributed by atoms with Gasteiger partial charge in [0.15, 0.2) is 0 Å². The number of fused-ring (bicyclic) bond motifs is 8. The summed E-state index contributed by atoms with van der Waals surface area (Å²) in [6.45, 7) is 1.34. The third-order valence-corrected chi connectivity index (χ3v) is 6.42. The molecule has 2 saturated carbocycles. The molecule has 7 heteroatoms. The lowest BCUT2D eigenvalue weighted by Crippen LogP contribution is -2.42. The van der Waals surface area contributed by atoms with Crippen LogP contribution in [0.25, 0.3) is 0 Å². The number of aliphatic carboxylic acids is 1. The van der Waals surface area contributed by atoms with Crippen LogP contribution < -0.4 is 5.11 Å².